The summed E-state index contributed by atoms with van der Waals surface area (Å²) in [5, 5.41) is 0. The molecule has 54 heavy (non-hydrogen) atoms. The van der Waals surface area contributed by atoms with Crippen molar-refractivity contribution in [2.24, 2.45) is 15.0 Å². The SMILES string of the molecule is Cc1c(CSc2ccccc2N=Cc2ccc[nH]2)c(C)c(CSc2ccccc2N=Cc2ccc[nH]2)c(C)c1CSc1ccccc1N=Cc1ccc[nH]1. The van der Waals surface area contributed by atoms with E-state index in [-0.39, 0.29) is 0 Å². The van der Waals surface area contributed by atoms with Gasteiger partial charge in [-0.3, -0.25) is 15.0 Å². The molecule has 4 aromatic carbocycles. The smallest absolute Gasteiger partial charge is 0.0766 e. The lowest BCUT2D eigenvalue weighted by molar-refractivity contribution is 1.10. The third kappa shape index (κ3) is 9.28. The van der Waals surface area contributed by atoms with Crippen LogP contribution in [-0.4, -0.2) is 33.6 Å². The number of benzene rings is 4. The van der Waals surface area contributed by atoms with Crippen LogP contribution >= 0.6 is 35.3 Å². The summed E-state index contributed by atoms with van der Waals surface area (Å²) in [5.74, 6) is 2.53. The Labute approximate surface area is 330 Å². The van der Waals surface area contributed by atoms with Crippen molar-refractivity contribution in [1.82, 2.24) is 15.0 Å². The Morgan fingerprint density at radius 3 is 0.981 bits per heavy atom. The molecule has 0 bridgehead atoms. The van der Waals surface area contributed by atoms with Crippen LogP contribution in [0.4, 0.5) is 17.1 Å². The molecular weight excluding hydrogens is 721 g/mol. The van der Waals surface area contributed by atoms with Gasteiger partial charge in [0.15, 0.2) is 0 Å². The lowest BCUT2D eigenvalue weighted by atomic mass is 9.90. The molecule has 0 saturated heterocycles. The Kier molecular flexibility index (Phi) is 12.5. The van der Waals surface area contributed by atoms with Crippen molar-refractivity contribution in [3.8, 4) is 0 Å². The highest BCUT2D eigenvalue weighted by atomic mass is 32.2. The monoisotopic (exact) mass is 762 g/mol. The number of aromatic nitrogens is 3. The van der Waals surface area contributed by atoms with Gasteiger partial charge in [-0.05, 0) is 127 Å². The number of nitrogens with one attached hydrogen (secondary N) is 3. The van der Waals surface area contributed by atoms with E-state index in [4.69, 9.17) is 15.0 Å². The summed E-state index contributed by atoms with van der Waals surface area (Å²) in [5.41, 5.74) is 14.1. The van der Waals surface area contributed by atoms with E-state index in [9.17, 15) is 0 Å². The third-order valence-corrected chi connectivity index (χ3v) is 12.6. The molecular formula is C45H42N6S3. The summed E-state index contributed by atoms with van der Waals surface area (Å²) in [6, 6.07) is 37.3. The fourth-order valence-corrected chi connectivity index (χ4v) is 9.77. The lowest BCUT2D eigenvalue weighted by Crippen LogP contribution is -2.06. The second-order valence-corrected chi connectivity index (χ2v) is 15.8. The first-order chi connectivity index (χ1) is 26.5. The van der Waals surface area contributed by atoms with Gasteiger partial charge in [-0.1, -0.05) is 36.4 Å². The van der Waals surface area contributed by atoms with E-state index in [1.54, 1.807) is 0 Å². The van der Waals surface area contributed by atoms with Crippen molar-refractivity contribution in [1.29, 1.82) is 0 Å². The minimum absolute atomic E-state index is 0.844. The molecule has 3 aromatic heterocycles. The number of thioether (sulfide) groups is 3. The lowest BCUT2D eigenvalue weighted by Gasteiger charge is -2.23. The molecule has 7 aromatic rings. The summed E-state index contributed by atoms with van der Waals surface area (Å²) >= 11 is 5.55. The third-order valence-electron chi connectivity index (χ3n) is 9.32. The molecule has 0 unspecified atom stereocenters. The Balaban J connectivity index is 1.19. The van der Waals surface area contributed by atoms with Crippen LogP contribution < -0.4 is 0 Å². The van der Waals surface area contributed by atoms with E-state index in [1.165, 1.54) is 33.4 Å². The highest BCUT2D eigenvalue weighted by Gasteiger charge is 2.19. The van der Waals surface area contributed by atoms with Crippen molar-refractivity contribution in [2.75, 3.05) is 0 Å². The number of hydrogen-bond acceptors (Lipinski definition) is 6. The van der Waals surface area contributed by atoms with Gasteiger partial charge in [0, 0.05) is 50.5 Å². The minimum atomic E-state index is 0.844. The maximum absolute atomic E-state index is 4.85. The number of rotatable bonds is 15. The molecule has 6 nitrogen and oxygen atoms in total. The molecule has 7 rings (SSSR count). The first-order valence-electron chi connectivity index (χ1n) is 17.8. The highest BCUT2D eigenvalue weighted by molar-refractivity contribution is 7.99. The van der Waals surface area contributed by atoms with Gasteiger partial charge in [0.25, 0.3) is 0 Å². The molecule has 0 aliphatic heterocycles. The van der Waals surface area contributed by atoms with Crippen LogP contribution in [0.3, 0.4) is 0 Å². The summed E-state index contributed by atoms with van der Waals surface area (Å²) in [7, 11) is 0. The fourth-order valence-electron chi connectivity index (χ4n) is 6.24. The Morgan fingerprint density at radius 2 is 0.704 bits per heavy atom. The van der Waals surface area contributed by atoms with Gasteiger partial charge in [0.1, 0.15) is 0 Å². The highest BCUT2D eigenvalue weighted by Crippen LogP contribution is 2.41. The fraction of sp³-hybridized carbons (Fsp3) is 0.133. The zero-order valence-corrected chi connectivity index (χ0v) is 33.0. The van der Waals surface area contributed by atoms with Crippen LogP contribution in [-0.2, 0) is 17.3 Å². The van der Waals surface area contributed by atoms with Crippen molar-refractivity contribution in [2.45, 2.75) is 52.7 Å². The van der Waals surface area contributed by atoms with Gasteiger partial charge in [0.05, 0.1) is 52.8 Å². The summed E-state index contributed by atoms with van der Waals surface area (Å²) in [4.78, 5) is 27.7. The molecule has 0 saturated carbocycles. The second-order valence-electron chi connectivity index (χ2n) is 12.7. The van der Waals surface area contributed by atoms with Crippen LogP contribution in [0.2, 0.25) is 0 Å². The van der Waals surface area contributed by atoms with Crippen molar-refractivity contribution in [3.63, 3.8) is 0 Å². The minimum Gasteiger partial charge on any atom is -0.360 e. The maximum atomic E-state index is 4.85. The van der Waals surface area contributed by atoms with Gasteiger partial charge in [-0.2, -0.15) is 0 Å². The van der Waals surface area contributed by atoms with E-state index < -0.39 is 0 Å². The van der Waals surface area contributed by atoms with Gasteiger partial charge >= 0.3 is 0 Å². The van der Waals surface area contributed by atoms with E-state index in [0.29, 0.717) is 0 Å². The van der Waals surface area contributed by atoms with Crippen molar-refractivity contribution < 1.29 is 0 Å². The van der Waals surface area contributed by atoms with Crippen LogP contribution in [0, 0.1) is 20.8 Å². The summed E-state index contributed by atoms with van der Waals surface area (Å²) in [6.45, 7) is 6.91. The molecule has 9 heteroatoms. The molecule has 0 aliphatic rings. The Hall–Kier alpha value is -5.22. The molecule has 0 aliphatic carbocycles. The van der Waals surface area contributed by atoms with E-state index in [1.807, 2.05) is 109 Å². The molecule has 3 N–H and O–H groups in total. The first-order valence-corrected chi connectivity index (χ1v) is 20.8. The normalized spacial score (nSPS) is 11.8. The van der Waals surface area contributed by atoms with Crippen LogP contribution in [0.1, 0.15) is 50.5 Å². The number of H-pyrrole nitrogens is 3. The van der Waals surface area contributed by atoms with Crippen LogP contribution in [0.15, 0.2) is 157 Å². The first kappa shape index (κ1) is 37.1. The topological polar surface area (TPSA) is 84.4 Å². The largest absolute Gasteiger partial charge is 0.360 e. The molecule has 0 fully saturated rings. The number of hydrogen-bond donors (Lipinski definition) is 3. The standard InChI is InChI=1S/C45H42N6S3/c1-31-37(28-52-43-19-7-4-16-40(43)49-25-34-13-10-22-46-34)32(2)39(30-54-45-21-9-6-18-42(45)51-27-36-15-12-24-48-36)33(3)38(31)29-53-44-20-8-5-17-41(44)50-26-35-14-11-23-47-35/h4-27,46-48H,28-30H2,1-3H3. The predicted octanol–water partition coefficient (Wildman–Crippen LogP) is 12.7. The number of nitrogens with zero attached hydrogens (tertiary/aromatic N) is 3. The quantitative estimate of drug-likeness (QED) is 0.0718. The maximum Gasteiger partial charge on any atom is 0.0766 e. The predicted molar refractivity (Wildman–Crippen MR) is 233 cm³/mol. The Morgan fingerprint density at radius 1 is 0.407 bits per heavy atom. The molecule has 270 valence electrons. The second kappa shape index (κ2) is 18.2. The summed E-state index contributed by atoms with van der Waals surface area (Å²) < 4.78 is 0. The zero-order chi connectivity index (χ0) is 37.1. The van der Waals surface area contributed by atoms with E-state index in [2.05, 4.69) is 109 Å². The molecule has 0 radical (unpaired) electrons. The molecule has 0 spiro atoms. The average molecular weight is 763 g/mol. The molecule has 3 heterocycles. The van der Waals surface area contributed by atoms with E-state index in [0.717, 1.165) is 66.1 Å². The summed E-state index contributed by atoms with van der Waals surface area (Å²) in [6.07, 6.45) is 11.4. The number of para-hydroxylation sites is 3. The van der Waals surface area contributed by atoms with Crippen LogP contribution in [0.5, 0.6) is 0 Å². The van der Waals surface area contributed by atoms with Crippen molar-refractivity contribution in [3.05, 3.63) is 178 Å². The van der Waals surface area contributed by atoms with Gasteiger partial charge in [0.2, 0.25) is 0 Å². The van der Waals surface area contributed by atoms with Crippen molar-refractivity contribution >= 4 is 71.0 Å². The average Bonchev–Trinajstić information content (AvgIpc) is 4.02. The number of aromatic amines is 3. The van der Waals surface area contributed by atoms with Gasteiger partial charge in [-0.15, -0.1) is 35.3 Å². The number of aliphatic imine (C=N–C) groups is 3. The molecule has 0 atom stereocenters. The van der Waals surface area contributed by atoms with Gasteiger partial charge < -0.3 is 15.0 Å². The van der Waals surface area contributed by atoms with Gasteiger partial charge in [-0.25, -0.2) is 0 Å². The van der Waals surface area contributed by atoms with Crippen LogP contribution in [0.25, 0.3) is 0 Å². The zero-order valence-electron chi connectivity index (χ0n) is 30.5. The Bertz CT molecular complexity index is 2090. The molecule has 0 amide bonds. The van der Waals surface area contributed by atoms with E-state index >= 15 is 0 Å².